The third-order valence-electron chi connectivity index (χ3n) is 5.27. The maximum absolute atomic E-state index is 12.4. The van der Waals surface area contributed by atoms with Crippen LogP contribution in [0.3, 0.4) is 0 Å². The predicted octanol–water partition coefficient (Wildman–Crippen LogP) is 2.46. The molecule has 23 heavy (non-hydrogen) atoms. The Morgan fingerprint density at radius 1 is 1.00 bits per heavy atom. The molecule has 3 rings (SSSR count). The normalized spacial score (nSPS) is 20.7. The predicted molar refractivity (Wildman–Crippen MR) is 94.7 cm³/mol. The lowest BCUT2D eigenvalue weighted by molar-refractivity contribution is -0.131. The molecule has 1 amide bonds. The second kappa shape index (κ2) is 7.82. The number of rotatable bonds is 4. The van der Waals surface area contributed by atoms with Gasteiger partial charge in [0.1, 0.15) is 0 Å². The van der Waals surface area contributed by atoms with E-state index in [0.29, 0.717) is 12.3 Å². The van der Waals surface area contributed by atoms with Crippen molar-refractivity contribution < 1.29 is 4.79 Å². The second-order valence-corrected chi connectivity index (χ2v) is 6.98. The zero-order chi connectivity index (χ0) is 16.1. The monoisotopic (exact) mass is 315 g/mol. The number of nitrogens with zero attached hydrogens (tertiary/aromatic N) is 3. The standard InChI is InChI=1S/C19H29N3O/c1-17-7-10-20(11-8-17)12-9-19(23)22-15-13-21(14-16-22)18-5-3-2-4-6-18/h2-6,17H,7-16H2,1H3. The first-order valence-corrected chi connectivity index (χ1v) is 9.02. The van der Waals surface area contributed by atoms with Gasteiger partial charge in [0, 0.05) is 44.8 Å². The van der Waals surface area contributed by atoms with Crippen LogP contribution in [0.2, 0.25) is 0 Å². The van der Waals surface area contributed by atoms with Gasteiger partial charge >= 0.3 is 0 Å². The molecule has 0 saturated carbocycles. The number of amides is 1. The zero-order valence-corrected chi connectivity index (χ0v) is 14.3. The fourth-order valence-electron chi connectivity index (χ4n) is 3.55. The van der Waals surface area contributed by atoms with Crippen molar-refractivity contribution in [3.05, 3.63) is 30.3 Å². The number of benzene rings is 1. The van der Waals surface area contributed by atoms with Crippen LogP contribution in [0.4, 0.5) is 5.69 Å². The molecule has 126 valence electrons. The Morgan fingerprint density at radius 2 is 1.65 bits per heavy atom. The summed E-state index contributed by atoms with van der Waals surface area (Å²) in [6.45, 7) is 9.18. The summed E-state index contributed by atoms with van der Waals surface area (Å²) in [5.74, 6) is 1.18. The highest BCUT2D eigenvalue weighted by Crippen LogP contribution is 2.17. The minimum Gasteiger partial charge on any atom is -0.368 e. The van der Waals surface area contributed by atoms with Crippen LogP contribution in [0.5, 0.6) is 0 Å². The summed E-state index contributed by atoms with van der Waals surface area (Å²) >= 11 is 0. The van der Waals surface area contributed by atoms with E-state index in [4.69, 9.17) is 0 Å². The smallest absolute Gasteiger partial charge is 0.223 e. The van der Waals surface area contributed by atoms with Crippen LogP contribution in [0, 0.1) is 5.92 Å². The number of hydrogen-bond donors (Lipinski definition) is 0. The summed E-state index contributed by atoms with van der Waals surface area (Å²) in [5.41, 5.74) is 1.27. The SMILES string of the molecule is CC1CCN(CCC(=O)N2CCN(c3ccccc3)CC2)CC1. The van der Waals surface area contributed by atoms with Crippen LogP contribution in [0.15, 0.2) is 30.3 Å². The van der Waals surface area contributed by atoms with E-state index < -0.39 is 0 Å². The van der Waals surface area contributed by atoms with Gasteiger partial charge in [-0.1, -0.05) is 25.1 Å². The molecule has 0 bridgehead atoms. The summed E-state index contributed by atoms with van der Waals surface area (Å²) in [4.78, 5) is 19.3. The van der Waals surface area contributed by atoms with Crippen molar-refractivity contribution in [3.63, 3.8) is 0 Å². The van der Waals surface area contributed by atoms with Crippen molar-refractivity contribution in [3.8, 4) is 0 Å². The van der Waals surface area contributed by atoms with Crippen LogP contribution in [-0.4, -0.2) is 61.5 Å². The molecule has 2 aliphatic rings. The van der Waals surface area contributed by atoms with Gasteiger partial charge in [0.25, 0.3) is 0 Å². The number of carbonyl (C=O) groups is 1. The van der Waals surface area contributed by atoms with E-state index in [-0.39, 0.29) is 0 Å². The van der Waals surface area contributed by atoms with E-state index in [9.17, 15) is 4.79 Å². The van der Waals surface area contributed by atoms with Gasteiger partial charge in [0.05, 0.1) is 0 Å². The van der Waals surface area contributed by atoms with Gasteiger partial charge in [0.2, 0.25) is 5.91 Å². The average Bonchev–Trinajstić information content (AvgIpc) is 2.62. The van der Waals surface area contributed by atoms with E-state index in [0.717, 1.165) is 51.7 Å². The number of para-hydroxylation sites is 1. The highest BCUT2D eigenvalue weighted by atomic mass is 16.2. The third kappa shape index (κ3) is 4.47. The van der Waals surface area contributed by atoms with E-state index in [2.05, 4.69) is 41.0 Å². The fraction of sp³-hybridized carbons (Fsp3) is 0.632. The molecule has 0 atom stereocenters. The second-order valence-electron chi connectivity index (χ2n) is 6.98. The van der Waals surface area contributed by atoms with Crippen molar-refractivity contribution in [2.24, 2.45) is 5.92 Å². The first-order chi connectivity index (χ1) is 11.2. The van der Waals surface area contributed by atoms with Gasteiger partial charge in [-0.25, -0.2) is 0 Å². The molecule has 2 aliphatic heterocycles. The maximum atomic E-state index is 12.4. The maximum Gasteiger partial charge on any atom is 0.223 e. The Morgan fingerprint density at radius 3 is 2.30 bits per heavy atom. The molecular formula is C19H29N3O. The van der Waals surface area contributed by atoms with Crippen molar-refractivity contribution in [2.75, 3.05) is 50.7 Å². The van der Waals surface area contributed by atoms with Crippen molar-refractivity contribution in [1.82, 2.24) is 9.80 Å². The van der Waals surface area contributed by atoms with E-state index in [1.54, 1.807) is 0 Å². The van der Waals surface area contributed by atoms with Gasteiger partial charge in [-0.05, 0) is 44.0 Å². The molecule has 0 aliphatic carbocycles. The molecule has 0 radical (unpaired) electrons. The summed E-state index contributed by atoms with van der Waals surface area (Å²) in [5, 5.41) is 0. The average molecular weight is 315 g/mol. The van der Waals surface area contributed by atoms with Crippen molar-refractivity contribution >= 4 is 11.6 Å². The number of piperazine rings is 1. The Hall–Kier alpha value is -1.55. The van der Waals surface area contributed by atoms with Crippen LogP contribution in [-0.2, 0) is 4.79 Å². The van der Waals surface area contributed by atoms with E-state index in [1.165, 1.54) is 18.5 Å². The van der Waals surface area contributed by atoms with Crippen LogP contribution in [0.25, 0.3) is 0 Å². The number of hydrogen-bond acceptors (Lipinski definition) is 3. The summed E-state index contributed by atoms with van der Waals surface area (Å²) < 4.78 is 0. The highest BCUT2D eigenvalue weighted by molar-refractivity contribution is 5.76. The quantitative estimate of drug-likeness (QED) is 0.854. The minimum atomic E-state index is 0.330. The molecule has 2 fully saturated rings. The number of anilines is 1. The molecule has 0 N–H and O–H groups in total. The first kappa shape index (κ1) is 16.3. The minimum absolute atomic E-state index is 0.330. The molecule has 4 nitrogen and oxygen atoms in total. The van der Waals surface area contributed by atoms with Crippen LogP contribution >= 0.6 is 0 Å². The largest absolute Gasteiger partial charge is 0.368 e. The summed E-state index contributed by atoms with van der Waals surface area (Å²) in [7, 11) is 0. The van der Waals surface area contributed by atoms with Crippen molar-refractivity contribution in [1.29, 1.82) is 0 Å². The number of piperidine rings is 1. The lowest BCUT2D eigenvalue weighted by Crippen LogP contribution is -2.49. The lowest BCUT2D eigenvalue weighted by Gasteiger charge is -2.37. The molecular weight excluding hydrogens is 286 g/mol. The van der Waals surface area contributed by atoms with Gasteiger partial charge < -0.3 is 14.7 Å². The Balaban J connectivity index is 1.40. The molecule has 0 unspecified atom stereocenters. The summed E-state index contributed by atoms with van der Waals surface area (Å²) in [6, 6.07) is 10.5. The lowest BCUT2D eigenvalue weighted by atomic mass is 9.99. The highest BCUT2D eigenvalue weighted by Gasteiger charge is 2.22. The Labute approximate surface area is 140 Å². The van der Waals surface area contributed by atoms with Crippen molar-refractivity contribution in [2.45, 2.75) is 26.2 Å². The Bertz CT molecular complexity index is 489. The third-order valence-corrected chi connectivity index (χ3v) is 5.27. The summed E-state index contributed by atoms with van der Waals surface area (Å²) in [6.07, 6.45) is 3.24. The van der Waals surface area contributed by atoms with Gasteiger partial charge in [0.15, 0.2) is 0 Å². The van der Waals surface area contributed by atoms with E-state index in [1.807, 2.05) is 11.0 Å². The molecule has 2 saturated heterocycles. The molecule has 0 aromatic heterocycles. The topological polar surface area (TPSA) is 26.8 Å². The Kier molecular flexibility index (Phi) is 5.55. The zero-order valence-electron chi connectivity index (χ0n) is 14.3. The fourth-order valence-corrected chi connectivity index (χ4v) is 3.55. The molecule has 1 aromatic rings. The molecule has 2 heterocycles. The first-order valence-electron chi connectivity index (χ1n) is 9.02. The number of carbonyl (C=O) groups excluding carboxylic acids is 1. The van der Waals surface area contributed by atoms with Gasteiger partial charge in [-0.15, -0.1) is 0 Å². The number of likely N-dealkylation sites (tertiary alicyclic amines) is 1. The van der Waals surface area contributed by atoms with Gasteiger partial charge in [-0.3, -0.25) is 4.79 Å². The van der Waals surface area contributed by atoms with E-state index >= 15 is 0 Å². The van der Waals surface area contributed by atoms with Crippen LogP contribution in [0.1, 0.15) is 26.2 Å². The molecule has 0 spiro atoms. The molecule has 1 aromatic carbocycles. The van der Waals surface area contributed by atoms with Crippen LogP contribution < -0.4 is 4.90 Å². The molecule has 4 heteroatoms. The van der Waals surface area contributed by atoms with Gasteiger partial charge in [-0.2, -0.15) is 0 Å².